The van der Waals surface area contributed by atoms with Crippen molar-refractivity contribution in [2.24, 2.45) is 0 Å². The van der Waals surface area contributed by atoms with E-state index in [1.165, 1.54) is 22.4 Å². The SMILES string of the molecule is Cc1cc(C)c(OCc2cn(CC(=O)c3ccc(O)cc3)nn2)c(C)c1. The molecule has 26 heavy (non-hydrogen) atoms. The van der Waals surface area contributed by atoms with Crippen molar-refractivity contribution in [3.8, 4) is 11.5 Å². The molecule has 6 heteroatoms. The van der Waals surface area contributed by atoms with Crippen molar-refractivity contribution in [1.29, 1.82) is 0 Å². The highest BCUT2D eigenvalue weighted by Gasteiger charge is 2.11. The zero-order chi connectivity index (χ0) is 18.7. The summed E-state index contributed by atoms with van der Waals surface area (Å²) in [7, 11) is 0. The van der Waals surface area contributed by atoms with Crippen LogP contribution in [0.15, 0.2) is 42.6 Å². The van der Waals surface area contributed by atoms with E-state index >= 15 is 0 Å². The van der Waals surface area contributed by atoms with Crippen molar-refractivity contribution in [3.05, 3.63) is 70.5 Å². The highest BCUT2D eigenvalue weighted by atomic mass is 16.5. The Hall–Kier alpha value is -3.15. The number of nitrogens with zero attached hydrogens (tertiary/aromatic N) is 3. The van der Waals surface area contributed by atoms with Gasteiger partial charge in [-0.2, -0.15) is 0 Å². The molecule has 0 unspecified atom stereocenters. The van der Waals surface area contributed by atoms with Crippen LogP contribution in [0.5, 0.6) is 11.5 Å². The predicted octanol–water partition coefficient (Wildman–Crippen LogP) is 3.37. The number of carbonyl (C=O) groups is 1. The van der Waals surface area contributed by atoms with Gasteiger partial charge in [-0.05, 0) is 56.2 Å². The van der Waals surface area contributed by atoms with Crippen LogP contribution in [0.4, 0.5) is 0 Å². The van der Waals surface area contributed by atoms with E-state index in [0.717, 1.165) is 16.9 Å². The van der Waals surface area contributed by atoms with Crippen molar-refractivity contribution >= 4 is 5.78 Å². The fraction of sp³-hybridized carbons (Fsp3) is 0.250. The van der Waals surface area contributed by atoms with Crippen LogP contribution < -0.4 is 4.74 Å². The molecular weight excluding hydrogens is 330 g/mol. The van der Waals surface area contributed by atoms with Crippen LogP contribution in [0.3, 0.4) is 0 Å². The second-order valence-corrected chi connectivity index (χ2v) is 6.39. The fourth-order valence-electron chi connectivity index (χ4n) is 2.91. The van der Waals surface area contributed by atoms with E-state index in [1.807, 2.05) is 13.8 Å². The van der Waals surface area contributed by atoms with Gasteiger partial charge in [-0.3, -0.25) is 4.79 Å². The van der Waals surface area contributed by atoms with Gasteiger partial charge >= 0.3 is 0 Å². The standard InChI is InChI=1S/C20H21N3O3/c1-13-8-14(2)20(15(3)9-13)26-12-17-10-23(22-21-17)11-19(25)16-4-6-18(24)7-5-16/h4-10,24H,11-12H2,1-3H3. The van der Waals surface area contributed by atoms with Crippen molar-refractivity contribution in [3.63, 3.8) is 0 Å². The maximum absolute atomic E-state index is 12.2. The molecule has 0 amide bonds. The lowest BCUT2D eigenvalue weighted by molar-refractivity contribution is 0.0967. The van der Waals surface area contributed by atoms with Gasteiger partial charge in [0, 0.05) is 5.56 Å². The van der Waals surface area contributed by atoms with E-state index in [-0.39, 0.29) is 24.7 Å². The molecule has 0 saturated carbocycles. The first kappa shape index (κ1) is 17.7. The van der Waals surface area contributed by atoms with Gasteiger partial charge < -0.3 is 9.84 Å². The van der Waals surface area contributed by atoms with Gasteiger partial charge in [0.25, 0.3) is 0 Å². The highest BCUT2D eigenvalue weighted by Crippen LogP contribution is 2.25. The normalized spacial score (nSPS) is 10.7. The van der Waals surface area contributed by atoms with Crippen LogP contribution in [-0.4, -0.2) is 25.9 Å². The average Bonchev–Trinajstić information content (AvgIpc) is 3.01. The lowest BCUT2D eigenvalue weighted by Crippen LogP contribution is -2.10. The molecule has 0 aliphatic heterocycles. The molecule has 3 rings (SSSR count). The van der Waals surface area contributed by atoms with Gasteiger partial charge in [0.05, 0.1) is 6.20 Å². The van der Waals surface area contributed by atoms with E-state index in [9.17, 15) is 9.90 Å². The molecule has 3 aromatic rings. The molecular formula is C20H21N3O3. The van der Waals surface area contributed by atoms with E-state index < -0.39 is 0 Å². The second kappa shape index (κ2) is 7.39. The van der Waals surface area contributed by atoms with Crippen molar-refractivity contribution < 1.29 is 14.6 Å². The Kier molecular flexibility index (Phi) is 5.02. The molecule has 1 N–H and O–H groups in total. The van der Waals surface area contributed by atoms with Crippen LogP contribution in [0.1, 0.15) is 32.7 Å². The van der Waals surface area contributed by atoms with Gasteiger partial charge in [-0.25, -0.2) is 4.68 Å². The molecule has 0 fully saturated rings. The maximum Gasteiger partial charge on any atom is 0.184 e. The third-order valence-corrected chi connectivity index (χ3v) is 4.05. The molecule has 0 atom stereocenters. The van der Waals surface area contributed by atoms with Gasteiger partial charge in [0.2, 0.25) is 0 Å². The average molecular weight is 351 g/mol. The summed E-state index contributed by atoms with van der Waals surface area (Å²) in [6.45, 7) is 6.46. The van der Waals surface area contributed by atoms with Crippen LogP contribution in [0, 0.1) is 20.8 Å². The van der Waals surface area contributed by atoms with Crippen molar-refractivity contribution in [1.82, 2.24) is 15.0 Å². The molecule has 0 bridgehead atoms. The molecule has 0 radical (unpaired) electrons. The summed E-state index contributed by atoms with van der Waals surface area (Å²) in [4.78, 5) is 12.2. The van der Waals surface area contributed by atoms with Gasteiger partial charge in [0.1, 0.15) is 30.3 Å². The number of aromatic nitrogens is 3. The first-order valence-corrected chi connectivity index (χ1v) is 8.34. The second-order valence-electron chi connectivity index (χ2n) is 6.39. The van der Waals surface area contributed by atoms with Crippen LogP contribution in [0.2, 0.25) is 0 Å². The Morgan fingerprint density at radius 3 is 2.42 bits per heavy atom. The number of hydrogen-bond acceptors (Lipinski definition) is 5. The van der Waals surface area contributed by atoms with Crippen LogP contribution in [0.25, 0.3) is 0 Å². The number of ether oxygens (including phenoxy) is 1. The molecule has 6 nitrogen and oxygen atoms in total. The topological polar surface area (TPSA) is 77.2 Å². The van der Waals surface area contributed by atoms with Gasteiger partial charge in [-0.1, -0.05) is 22.9 Å². The predicted molar refractivity (Wildman–Crippen MR) is 97.4 cm³/mol. The smallest absolute Gasteiger partial charge is 0.184 e. The summed E-state index contributed by atoms with van der Waals surface area (Å²) in [5.41, 5.74) is 4.53. The lowest BCUT2D eigenvalue weighted by atomic mass is 10.1. The zero-order valence-electron chi connectivity index (χ0n) is 15.1. The monoisotopic (exact) mass is 351 g/mol. The van der Waals surface area contributed by atoms with Crippen LogP contribution in [-0.2, 0) is 13.2 Å². The number of aryl methyl sites for hydroxylation is 3. The Balaban J connectivity index is 1.63. The molecule has 1 aromatic heterocycles. The summed E-state index contributed by atoms with van der Waals surface area (Å²) in [6.07, 6.45) is 1.71. The largest absolute Gasteiger partial charge is 0.508 e. The molecule has 0 saturated heterocycles. The molecule has 2 aromatic carbocycles. The third kappa shape index (κ3) is 4.08. The maximum atomic E-state index is 12.2. The highest BCUT2D eigenvalue weighted by molar-refractivity contribution is 5.95. The fourth-order valence-corrected chi connectivity index (χ4v) is 2.91. The summed E-state index contributed by atoms with van der Waals surface area (Å²) in [5.74, 6) is 0.876. The first-order chi connectivity index (χ1) is 12.4. The Morgan fingerprint density at radius 1 is 1.12 bits per heavy atom. The van der Waals surface area contributed by atoms with Crippen molar-refractivity contribution in [2.75, 3.05) is 0 Å². The van der Waals surface area contributed by atoms with E-state index in [0.29, 0.717) is 11.3 Å². The number of phenols is 1. The van der Waals surface area contributed by atoms with E-state index in [4.69, 9.17) is 4.74 Å². The number of rotatable bonds is 6. The minimum Gasteiger partial charge on any atom is -0.508 e. The van der Waals surface area contributed by atoms with Crippen LogP contribution >= 0.6 is 0 Å². The Labute approximate surface area is 152 Å². The Morgan fingerprint density at radius 2 is 1.77 bits per heavy atom. The molecule has 0 aliphatic rings. The summed E-state index contributed by atoms with van der Waals surface area (Å²) in [6, 6.07) is 10.3. The Bertz CT molecular complexity index is 907. The number of hydrogen-bond donors (Lipinski definition) is 1. The number of benzene rings is 2. The number of carbonyl (C=O) groups excluding carboxylic acids is 1. The van der Waals surface area contributed by atoms with Gasteiger partial charge in [-0.15, -0.1) is 5.10 Å². The summed E-state index contributed by atoms with van der Waals surface area (Å²) < 4.78 is 7.39. The number of Topliss-reactive ketones (excluding diaryl/α,β-unsaturated/α-hetero) is 1. The summed E-state index contributed by atoms with van der Waals surface area (Å²) in [5, 5.41) is 17.3. The van der Waals surface area contributed by atoms with E-state index in [2.05, 4.69) is 29.4 Å². The number of phenolic OH excluding ortho intramolecular Hbond substituents is 1. The summed E-state index contributed by atoms with van der Waals surface area (Å²) >= 11 is 0. The van der Waals surface area contributed by atoms with Crippen molar-refractivity contribution in [2.45, 2.75) is 33.9 Å². The molecule has 0 spiro atoms. The molecule has 134 valence electrons. The lowest BCUT2D eigenvalue weighted by Gasteiger charge is -2.11. The molecule has 0 aliphatic carbocycles. The first-order valence-electron chi connectivity index (χ1n) is 8.34. The van der Waals surface area contributed by atoms with Gasteiger partial charge in [0.15, 0.2) is 5.78 Å². The van der Waals surface area contributed by atoms with E-state index in [1.54, 1.807) is 18.3 Å². The number of aromatic hydroxyl groups is 1. The third-order valence-electron chi connectivity index (χ3n) is 4.05. The molecule has 1 heterocycles. The minimum atomic E-state index is -0.104. The zero-order valence-corrected chi connectivity index (χ0v) is 15.1. The quantitative estimate of drug-likeness (QED) is 0.689. The number of ketones is 1. The minimum absolute atomic E-state index is 0.0837.